The number of nitro benzene ring substituents is 1. The molecule has 0 atom stereocenters. The highest BCUT2D eigenvalue weighted by molar-refractivity contribution is 5.82. The normalized spacial score (nSPS) is 10.3. The van der Waals surface area contributed by atoms with Crippen molar-refractivity contribution < 1.29 is 14.1 Å². The Bertz CT molecular complexity index is 461. The van der Waals surface area contributed by atoms with Gasteiger partial charge in [-0.3, -0.25) is 10.1 Å². The van der Waals surface area contributed by atoms with Gasteiger partial charge in [0.2, 0.25) is 5.82 Å². The third-order valence-electron chi connectivity index (χ3n) is 1.56. The molecule has 0 aliphatic rings. The summed E-state index contributed by atoms with van der Waals surface area (Å²) >= 11 is 0. The summed E-state index contributed by atoms with van der Waals surface area (Å²) in [5.41, 5.74) is 6.23. The largest absolute Gasteiger partial charge is 0.350 e. The molecule has 0 radical (unpaired) electrons. The summed E-state index contributed by atoms with van der Waals surface area (Å²) in [5, 5.41) is 13.8. The number of carbonyl (C=O) groups excluding carboxylic acids is 1. The molecule has 0 spiro atoms. The average Bonchev–Trinajstić information content (AvgIpc) is 2.19. The Morgan fingerprint density at radius 1 is 1.62 bits per heavy atom. The molecule has 3 N–H and O–H groups in total. The van der Waals surface area contributed by atoms with Gasteiger partial charge in [-0.25, -0.2) is 10.2 Å². The second-order valence-electron chi connectivity index (χ2n) is 2.70. The van der Waals surface area contributed by atoms with Crippen LogP contribution in [-0.2, 0) is 0 Å². The zero-order chi connectivity index (χ0) is 12.1. The minimum Gasteiger partial charge on any atom is -0.350 e. The van der Waals surface area contributed by atoms with Gasteiger partial charge in [-0.1, -0.05) is 0 Å². The van der Waals surface area contributed by atoms with Crippen LogP contribution in [0.15, 0.2) is 23.3 Å². The van der Waals surface area contributed by atoms with Gasteiger partial charge in [0, 0.05) is 11.6 Å². The number of benzene rings is 1. The number of hydrogen-bond donors (Lipinski definition) is 2. The molecule has 0 unspecified atom stereocenters. The number of urea groups is 1. The quantitative estimate of drug-likeness (QED) is 0.450. The summed E-state index contributed by atoms with van der Waals surface area (Å²) in [6.45, 7) is 0. The molecule has 7 nitrogen and oxygen atoms in total. The molecule has 84 valence electrons. The lowest BCUT2D eigenvalue weighted by Crippen LogP contribution is -2.24. The molecule has 2 amide bonds. The maximum absolute atomic E-state index is 12.9. The Kier molecular flexibility index (Phi) is 3.49. The first kappa shape index (κ1) is 11.6. The summed E-state index contributed by atoms with van der Waals surface area (Å²) in [5.74, 6) is -0.940. The Morgan fingerprint density at radius 2 is 2.31 bits per heavy atom. The van der Waals surface area contributed by atoms with Crippen LogP contribution in [0.2, 0.25) is 0 Å². The van der Waals surface area contributed by atoms with Crippen molar-refractivity contribution in [3.8, 4) is 0 Å². The number of nitrogens with one attached hydrogen (secondary N) is 1. The SMILES string of the molecule is NC(=O)N/N=C/c1ccc(F)c([N+](=O)[O-])c1. The summed E-state index contributed by atoms with van der Waals surface area (Å²) in [6, 6.07) is 2.33. The van der Waals surface area contributed by atoms with E-state index in [-0.39, 0.29) is 5.56 Å². The Balaban J connectivity index is 2.91. The Labute approximate surface area is 88.9 Å². The van der Waals surface area contributed by atoms with Gasteiger partial charge < -0.3 is 5.73 Å². The number of carbonyl (C=O) groups is 1. The van der Waals surface area contributed by atoms with Crippen molar-refractivity contribution in [1.29, 1.82) is 0 Å². The number of nitro groups is 1. The molecule has 1 aromatic carbocycles. The molecular weight excluding hydrogens is 219 g/mol. The molecule has 1 aromatic rings. The minimum absolute atomic E-state index is 0.266. The van der Waals surface area contributed by atoms with E-state index in [0.717, 1.165) is 18.3 Å². The van der Waals surface area contributed by atoms with Crippen LogP contribution in [-0.4, -0.2) is 17.2 Å². The smallest absolute Gasteiger partial charge is 0.332 e. The van der Waals surface area contributed by atoms with E-state index in [0.29, 0.717) is 0 Å². The number of hydrazone groups is 1. The second kappa shape index (κ2) is 4.82. The first-order chi connectivity index (χ1) is 7.50. The van der Waals surface area contributed by atoms with Gasteiger partial charge in [-0.2, -0.15) is 9.49 Å². The molecule has 16 heavy (non-hydrogen) atoms. The number of amides is 2. The zero-order valence-electron chi connectivity index (χ0n) is 7.88. The number of nitrogens with two attached hydrogens (primary N) is 1. The second-order valence-corrected chi connectivity index (χ2v) is 2.70. The number of halogens is 1. The van der Waals surface area contributed by atoms with Crippen molar-refractivity contribution in [2.75, 3.05) is 0 Å². The van der Waals surface area contributed by atoms with Crippen molar-refractivity contribution in [2.24, 2.45) is 10.8 Å². The van der Waals surface area contributed by atoms with Crippen LogP contribution in [0.3, 0.4) is 0 Å². The highest BCUT2D eigenvalue weighted by Gasteiger charge is 2.13. The van der Waals surface area contributed by atoms with Gasteiger partial charge >= 0.3 is 11.7 Å². The van der Waals surface area contributed by atoms with E-state index in [1.54, 1.807) is 0 Å². The standard InChI is InChI=1S/C8H7FN4O3/c9-6-2-1-5(3-7(6)13(15)16)4-11-12-8(10)14/h1-4H,(H3,10,12,14)/b11-4+. The van der Waals surface area contributed by atoms with Gasteiger partial charge in [-0.05, 0) is 12.1 Å². The summed E-state index contributed by atoms with van der Waals surface area (Å²) < 4.78 is 12.9. The van der Waals surface area contributed by atoms with Gasteiger partial charge in [-0.15, -0.1) is 0 Å². The lowest BCUT2D eigenvalue weighted by atomic mass is 10.2. The monoisotopic (exact) mass is 226 g/mol. The molecule has 0 saturated carbocycles. The fourth-order valence-corrected chi connectivity index (χ4v) is 0.920. The fraction of sp³-hybridized carbons (Fsp3) is 0. The lowest BCUT2D eigenvalue weighted by molar-refractivity contribution is -0.387. The van der Waals surface area contributed by atoms with Crippen LogP contribution in [0.5, 0.6) is 0 Å². The van der Waals surface area contributed by atoms with E-state index >= 15 is 0 Å². The molecule has 1 rings (SSSR count). The van der Waals surface area contributed by atoms with Crippen LogP contribution in [0.25, 0.3) is 0 Å². The van der Waals surface area contributed by atoms with Gasteiger partial charge in [0.05, 0.1) is 11.1 Å². The van der Waals surface area contributed by atoms with Gasteiger partial charge in [0.15, 0.2) is 0 Å². The highest BCUT2D eigenvalue weighted by atomic mass is 19.1. The lowest BCUT2D eigenvalue weighted by Gasteiger charge is -1.96. The topological polar surface area (TPSA) is 111 Å². The van der Waals surface area contributed by atoms with Crippen molar-refractivity contribution in [1.82, 2.24) is 5.43 Å². The van der Waals surface area contributed by atoms with E-state index in [4.69, 9.17) is 5.73 Å². The maximum Gasteiger partial charge on any atom is 0.332 e. The average molecular weight is 226 g/mol. The third-order valence-corrected chi connectivity index (χ3v) is 1.56. The predicted octanol–water partition coefficient (Wildman–Crippen LogP) is 0.736. The van der Waals surface area contributed by atoms with E-state index in [1.165, 1.54) is 6.07 Å². The van der Waals surface area contributed by atoms with E-state index in [9.17, 15) is 19.3 Å². The highest BCUT2D eigenvalue weighted by Crippen LogP contribution is 2.17. The maximum atomic E-state index is 12.9. The van der Waals surface area contributed by atoms with Crippen LogP contribution >= 0.6 is 0 Å². The number of nitrogens with zero attached hydrogens (tertiary/aromatic N) is 2. The van der Waals surface area contributed by atoms with E-state index in [2.05, 4.69) is 5.10 Å². The zero-order valence-corrected chi connectivity index (χ0v) is 7.88. The number of hydrogen-bond acceptors (Lipinski definition) is 4. The van der Waals surface area contributed by atoms with Gasteiger partial charge in [0.1, 0.15) is 0 Å². The first-order valence-electron chi connectivity index (χ1n) is 4.03. The summed E-state index contributed by atoms with van der Waals surface area (Å²) in [4.78, 5) is 19.8. The Morgan fingerprint density at radius 3 is 2.88 bits per heavy atom. The molecule has 0 aliphatic heterocycles. The predicted molar refractivity (Wildman–Crippen MR) is 53.4 cm³/mol. The van der Waals surface area contributed by atoms with Crippen LogP contribution in [0.4, 0.5) is 14.9 Å². The molecule has 0 heterocycles. The molecule has 0 saturated heterocycles. The van der Waals surface area contributed by atoms with Crippen molar-refractivity contribution in [3.63, 3.8) is 0 Å². The van der Waals surface area contributed by atoms with Crippen LogP contribution in [0, 0.1) is 15.9 Å². The van der Waals surface area contributed by atoms with Crippen LogP contribution < -0.4 is 11.2 Å². The number of rotatable bonds is 3. The number of primary amides is 1. The summed E-state index contributed by atoms with van der Waals surface area (Å²) in [7, 11) is 0. The van der Waals surface area contributed by atoms with Crippen molar-refractivity contribution in [3.05, 3.63) is 39.7 Å². The van der Waals surface area contributed by atoms with E-state index in [1.807, 2.05) is 5.43 Å². The van der Waals surface area contributed by atoms with Crippen LogP contribution in [0.1, 0.15) is 5.56 Å². The molecule has 0 aromatic heterocycles. The Hall–Kier alpha value is -2.51. The molecule has 0 aliphatic carbocycles. The van der Waals surface area contributed by atoms with Crippen molar-refractivity contribution >= 4 is 17.9 Å². The third kappa shape index (κ3) is 3.01. The molecule has 0 fully saturated rings. The molecule has 8 heteroatoms. The fourth-order valence-electron chi connectivity index (χ4n) is 0.920. The van der Waals surface area contributed by atoms with Crippen molar-refractivity contribution in [2.45, 2.75) is 0 Å². The molecular formula is C8H7FN4O3. The van der Waals surface area contributed by atoms with Gasteiger partial charge in [0.25, 0.3) is 0 Å². The molecule has 0 bridgehead atoms. The minimum atomic E-state index is -0.940. The van der Waals surface area contributed by atoms with E-state index < -0.39 is 22.5 Å². The first-order valence-corrected chi connectivity index (χ1v) is 4.03. The summed E-state index contributed by atoms with van der Waals surface area (Å²) in [6.07, 6.45) is 1.11.